The van der Waals surface area contributed by atoms with E-state index in [1.165, 1.54) is 12.1 Å². The summed E-state index contributed by atoms with van der Waals surface area (Å²) in [5, 5.41) is 9.86. The maximum absolute atomic E-state index is 12.6. The van der Waals surface area contributed by atoms with Gasteiger partial charge in [-0.15, -0.1) is 5.10 Å². The Morgan fingerprint density at radius 3 is 2.39 bits per heavy atom. The molecule has 0 aliphatic carbocycles. The summed E-state index contributed by atoms with van der Waals surface area (Å²) in [6, 6.07) is 11.3. The van der Waals surface area contributed by atoms with Crippen molar-refractivity contribution < 1.29 is 18.0 Å². The minimum atomic E-state index is -4.42. The average molecular weight is 427 g/mol. The van der Waals surface area contributed by atoms with Gasteiger partial charge in [-0.3, -0.25) is 9.89 Å². The molecule has 0 spiro atoms. The number of carbonyl (C=O) groups excluding carboxylic acids is 1. The van der Waals surface area contributed by atoms with E-state index >= 15 is 0 Å². The van der Waals surface area contributed by atoms with E-state index in [0.717, 1.165) is 29.5 Å². The van der Waals surface area contributed by atoms with Gasteiger partial charge < -0.3 is 5.32 Å². The summed E-state index contributed by atoms with van der Waals surface area (Å²) in [5.74, 6) is 0.164. The molecule has 3 aromatic rings. The summed E-state index contributed by atoms with van der Waals surface area (Å²) in [6.07, 6.45) is -4.42. The van der Waals surface area contributed by atoms with Crippen molar-refractivity contribution in [1.82, 2.24) is 15.2 Å². The third-order valence-corrected chi connectivity index (χ3v) is 4.93. The molecule has 1 atom stereocenters. The van der Waals surface area contributed by atoms with E-state index < -0.39 is 17.0 Å². The van der Waals surface area contributed by atoms with Gasteiger partial charge >= 0.3 is 6.18 Å². The molecule has 1 unspecified atom stereocenters. The van der Waals surface area contributed by atoms with Gasteiger partial charge in [0.15, 0.2) is 5.82 Å². The summed E-state index contributed by atoms with van der Waals surface area (Å²) in [6.45, 7) is 1.66. The Kier molecular flexibility index (Phi) is 5.95. The lowest BCUT2D eigenvalue weighted by Gasteiger charge is -2.11. The topological polar surface area (TPSA) is 70.7 Å². The van der Waals surface area contributed by atoms with Gasteiger partial charge in [-0.05, 0) is 55.5 Å². The van der Waals surface area contributed by atoms with Crippen LogP contribution in [0, 0.1) is 0 Å². The van der Waals surface area contributed by atoms with Gasteiger partial charge in [-0.1, -0.05) is 23.4 Å². The van der Waals surface area contributed by atoms with Gasteiger partial charge in [0.2, 0.25) is 11.1 Å². The third kappa shape index (κ3) is 5.05. The van der Waals surface area contributed by atoms with Crippen molar-refractivity contribution in [3.63, 3.8) is 0 Å². The molecule has 5 nitrogen and oxygen atoms in total. The second kappa shape index (κ2) is 8.24. The molecular formula is C18H14ClF3N4OS. The lowest BCUT2D eigenvalue weighted by molar-refractivity contribution is -0.137. The standard InChI is InChI=1S/C18H14ClF3N4OS/c1-10(16(27)23-14-8-4-12(5-9-14)18(20,21)22)28-17-24-15(25-26-17)11-2-6-13(19)7-3-11/h2-10H,1H3,(H,23,27)(H,24,25,26). The molecule has 146 valence electrons. The predicted molar refractivity (Wildman–Crippen MR) is 102 cm³/mol. The highest BCUT2D eigenvalue weighted by Gasteiger charge is 2.30. The van der Waals surface area contributed by atoms with Crippen LogP contribution in [-0.2, 0) is 11.0 Å². The predicted octanol–water partition coefficient (Wildman–Crippen LogP) is 5.26. The van der Waals surface area contributed by atoms with Crippen molar-refractivity contribution in [2.24, 2.45) is 0 Å². The number of anilines is 1. The smallest absolute Gasteiger partial charge is 0.325 e. The van der Waals surface area contributed by atoms with Gasteiger partial charge in [-0.25, -0.2) is 4.98 Å². The Labute approximate surface area is 167 Å². The Bertz CT molecular complexity index is 958. The average Bonchev–Trinajstić information content (AvgIpc) is 3.10. The fourth-order valence-electron chi connectivity index (χ4n) is 2.23. The molecule has 2 aromatic carbocycles. The molecule has 0 saturated carbocycles. The first kappa shape index (κ1) is 20.2. The van der Waals surface area contributed by atoms with Crippen LogP contribution >= 0.6 is 23.4 Å². The van der Waals surface area contributed by atoms with E-state index in [9.17, 15) is 18.0 Å². The molecule has 1 aromatic heterocycles. The van der Waals surface area contributed by atoms with Gasteiger partial charge in [0, 0.05) is 16.3 Å². The number of carbonyl (C=O) groups is 1. The maximum Gasteiger partial charge on any atom is 0.416 e. The summed E-state index contributed by atoms with van der Waals surface area (Å²) in [4.78, 5) is 16.6. The number of thioether (sulfide) groups is 1. The number of alkyl halides is 3. The first-order chi connectivity index (χ1) is 13.2. The first-order valence-corrected chi connectivity index (χ1v) is 9.31. The van der Waals surface area contributed by atoms with Crippen LogP contribution < -0.4 is 5.32 Å². The highest BCUT2D eigenvalue weighted by atomic mass is 35.5. The second-order valence-corrected chi connectivity index (χ2v) is 7.54. The van der Waals surface area contributed by atoms with Gasteiger partial charge in [-0.2, -0.15) is 13.2 Å². The van der Waals surface area contributed by atoms with Crippen LogP contribution in [-0.4, -0.2) is 26.3 Å². The Morgan fingerprint density at radius 1 is 1.14 bits per heavy atom. The number of rotatable bonds is 5. The van der Waals surface area contributed by atoms with E-state index in [0.29, 0.717) is 16.0 Å². The number of amides is 1. The molecule has 10 heteroatoms. The van der Waals surface area contributed by atoms with Crippen molar-refractivity contribution in [3.8, 4) is 11.4 Å². The first-order valence-electron chi connectivity index (χ1n) is 8.05. The Morgan fingerprint density at radius 2 is 1.79 bits per heavy atom. The number of halogens is 4. The lowest BCUT2D eigenvalue weighted by atomic mass is 10.2. The summed E-state index contributed by atoms with van der Waals surface area (Å²) in [5.41, 5.74) is 0.302. The van der Waals surface area contributed by atoms with E-state index in [2.05, 4.69) is 20.5 Å². The van der Waals surface area contributed by atoms with Gasteiger partial charge in [0.05, 0.1) is 10.8 Å². The Hall–Kier alpha value is -2.52. The number of benzene rings is 2. The largest absolute Gasteiger partial charge is 0.416 e. The fourth-order valence-corrected chi connectivity index (χ4v) is 3.08. The van der Waals surface area contributed by atoms with Crippen LogP contribution in [0.2, 0.25) is 5.02 Å². The van der Waals surface area contributed by atoms with Gasteiger partial charge in [0.1, 0.15) is 0 Å². The van der Waals surface area contributed by atoms with Crippen molar-refractivity contribution in [1.29, 1.82) is 0 Å². The van der Waals surface area contributed by atoms with E-state index in [1.54, 1.807) is 31.2 Å². The number of aromatic nitrogens is 3. The zero-order valence-corrected chi connectivity index (χ0v) is 16.0. The molecule has 0 aliphatic heterocycles. The van der Waals surface area contributed by atoms with Crippen LogP contribution in [0.4, 0.5) is 18.9 Å². The van der Waals surface area contributed by atoms with Crippen LogP contribution in [0.3, 0.4) is 0 Å². The molecule has 0 fully saturated rings. The van der Waals surface area contributed by atoms with Crippen LogP contribution in [0.15, 0.2) is 53.7 Å². The van der Waals surface area contributed by atoms with E-state index in [4.69, 9.17) is 11.6 Å². The SMILES string of the molecule is CC(Sc1n[nH]c(-c2ccc(Cl)cc2)n1)C(=O)Nc1ccc(C(F)(F)F)cc1. The molecule has 2 N–H and O–H groups in total. The molecule has 0 bridgehead atoms. The summed E-state index contributed by atoms with van der Waals surface area (Å²) >= 11 is 6.98. The minimum Gasteiger partial charge on any atom is -0.325 e. The van der Waals surface area contributed by atoms with Crippen molar-refractivity contribution in [2.75, 3.05) is 5.32 Å². The highest BCUT2D eigenvalue weighted by Crippen LogP contribution is 2.30. The van der Waals surface area contributed by atoms with Crippen LogP contribution in [0.25, 0.3) is 11.4 Å². The number of hydrogen-bond acceptors (Lipinski definition) is 4. The highest BCUT2D eigenvalue weighted by molar-refractivity contribution is 8.00. The molecule has 1 amide bonds. The normalized spacial score (nSPS) is 12.6. The molecule has 3 rings (SSSR count). The number of aromatic amines is 1. The van der Waals surface area contributed by atoms with E-state index in [-0.39, 0.29) is 11.6 Å². The van der Waals surface area contributed by atoms with Crippen molar-refractivity contribution in [3.05, 3.63) is 59.1 Å². The second-order valence-electron chi connectivity index (χ2n) is 5.80. The zero-order valence-electron chi connectivity index (χ0n) is 14.4. The van der Waals surface area contributed by atoms with Crippen molar-refractivity contribution in [2.45, 2.75) is 23.5 Å². The summed E-state index contributed by atoms with van der Waals surface area (Å²) in [7, 11) is 0. The van der Waals surface area contributed by atoms with Crippen LogP contribution in [0.5, 0.6) is 0 Å². The molecule has 28 heavy (non-hydrogen) atoms. The van der Waals surface area contributed by atoms with E-state index in [1.807, 2.05) is 0 Å². The number of H-pyrrole nitrogens is 1. The van der Waals surface area contributed by atoms with Crippen LogP contribution in [0.1, 0.15) is 12.5 Å². The third-order valence-electron chi connectivity index (χ3n) is 3.71. The number of hydrogen-bond donors (Lipinski definition) is 2. The molecule has 1 heterocycles. The molecular weight excluding hydrogens is 413 g/mol. The lowest BCUT2D eigenvalue weighted by Crippen LogP contribution is -2.22. The molecule has 0 saturated heterocycles. The molecule has 0 radical (unpaired) electrons. The zero-order chi connectivity index (χ0) is 20.3. The monoisotopic (exact) mass is 426 g/mol. The maximum atomic E-state index is 12.6. The van der Waals surface area contributed by atoms with Gasteiger partial charge in [0.25, 0.3) is 0 Å². The summed E-state index contributed by atoms with van der Waals surface area (Å²) < 4.78 is 37.7. The minimum absolute atomic E-state index is 0.280. The van der Waals surface area contributed by atoms with Crippen molar-refractivity contribution >= 4 is 35.0 Å². The quantitative estimate of drug-likeness (QED) is 0.546. The number of nitrogens with one attached hydrogen (secondary N) is 2. The fraction of sp³-hybridized carbons (Fsp3) is 0.167. The molecule has 0 aliphatic rings. The Balaban J connectivity index is 1.61. The number of nitrogens with zero attached hydrogens (tertiary/aromatic N) is 2.